The molecule has 1 amide bonds. The van der Waals surface area contributed by atoms with Crippen molar-refractivity contribution in [3.05, 3.63) is 77.8 Å². The predicted molar refractivity (Wildman–Crippen MR) is 133 cm³/mol. The summed E-state index contributed by atoms with van der Waals surface area (Å²) in [6.45, 7) is 3.68. The predicted octanol–water partition coefficient (Wildman–Crippen LogP) is 3.96. The summed E-state index contributed by atoms with van der Waals surface area (Å²) < 4.78 is 11.7. The zero-order chi connectivity index (χ0) is 25.7. The first-order valence-corrected chi connectivity index (χ1v) is 10.9. The van der Waals surface area contributed by atoms with Gasteiger partial charge in [0.15, 0.2) is 18.1 Å². The maximum Gasteiger partial charge on any atom is 0.395 e. The average molecular weight is 545 g/mol. The number of nitro groups is 1. The summed E-state index contributed by atoms with van der Waals surface area (Å²) in [5, 5.41) is 23.2. The fourth-order valence-electron chi connectivity index (χ4n) is 3.00. The summed E-state index contributed by atoms with van der Waals surface area (Å²) in [7, 11) is 1.44. The molecule has 0 aliphatic rings. The van der Waals surface area contributed by atoms with E-state index in [4.69, 9.17) is 9.47 Å². The minimum Gasteiger partial charge on any atom is -0.493 e. The Balaban J connectivity index is 1.69. The van der Waals surface area contributed by atoms with Gasteiger partial charge in [-0.1, -0.05) is 12.1 Å². The number of H-pyrrole nitrogens is 1. The van der Waals surface area contributed by atoms with E-state index < -0.39 is 22.0 Å². The lowest BCUT2D eigenvalue weighted by Gasteiger charge is -2.13. The van der Waals surface area contributed by atoms with Crippen molar-refractivity contribution >= 4 is 45.4 Å². The van der Waals surface area contributed by atoms with Crippen LogP contribution in [0, 0.1) is 24.0 Å². The second-order valence-corrected chi connectivity index (χ2v) is 8.23. The van der Waals surface area contributed by atoms with E-state index in [2.05, 4.69) is 31.2 Å². The molecule has 2 aromatic carbocycles. The molecule has 0 aliphatic heterocycles. The Morgan fingerprint density at radius 1 is 1.23 bits per heavy atom. The average Bonchev–Trinajstić information content (AvgIpc) is 2.79. The normalized spacial score (nSPS) is 10.9. The van der Waals surface area contributed by atoms with Gasteiger partial charge in [0.05, 0.1) is 17.7 Å². The van der Waals surface area contributed by atoms with Crippen molar-refractivity contribution in [2.24, 2.45) is 0 Å². The molecular formula is C23H21BrN4O7. The number of hydrogen-bond donors (Lipinski definition) is 3. The Bertz CT molecular complexity index is 1390. The second kappa shape index (κ2) is 10.8. The van der Waals surface area contributed by atoms with Crippen LogP contribution >= 0.6 is 15.9 Å². The molecule has 0 radical (unpaired) electrons. The first-order valence-electron chi connectivity index (χ1n) is 10.1. The zero-order valence-electron chi connectivity index (χ0n) is 18.9. The Labute approximate surface area is 207 Å². The lowest BCUT2D eigenvalue weighted by atomic mass is 10.1. The van der Waals surface area contributed by atoms with Gasteiger partial charge in [0, 0.05) is 4.47 Å². The highest BCUT2D eigenvalue weighted by Crippen LogP contribution is 2.29. The van der Waals surface area contributed by atoms with Crippen LogP contribution in [0.2, 0.25) is 0 Å². The molecular weight excluding hydrogens is 524 g/mol. The minimum atomic E-state index is -1.07. The number of hydrogen-bond acceptors (Lipinski definition) is 8. The maximum absolute atomic E-state index is 12.4. The monoisotopic (exact) mass is 544 g/mol. The number of rotatable bonds is 8. The van der Waals surface area contributed by atoms with Crippen LogP contribution in [0.1, 0.15) is 22.5 Å². The summed E-state index contributed by atoms with van der Waals surface area (Å²) in [6, 6.07) is 8.67. The number of aromatic nitrogens is 2. The number of nitrogens with one attached hydrogen (secondary N) is 2. The molecule has 1 heterocycles. The van der Waals surface area contributed by atoms with Crippen molar-refractivity contribution in [1.82, 2.24) is 9.97 Å². The lowest BCUT2D eigenvalue weighted by molar-refractivity contribution is -0.387. The van der Waals surface area contributed by atoms with E-state index in [1.807, 2.05) is 26.0 Å². The number of aromatic hydroxyl groups is 1. The van der Waals surface area contributed by atoms with E-state index in [1.165, 1.54) is 13.2 Å². The van der Waals surface area contributed by atoms with Gasteiger partial charge in [0.1, 0.15) is 5.82 Å². The molecule has 0 fully saturated rings. The number of halogens is 1. The fourth-order valence-corrected chi connectivity index (χ4v) is 3.56. The third kappa shape index (κ3) is 6.23. The number of aromatic amines is 1. The molecule has 12 heteroatoms. The Morgan fingerprint density at radius 3 is 2.60 bits per heavy atom. The van der Waals surface area contributed by atoms with Gasteiger partial charge in [-0.3, -0.25) is 19.7 Å². The van der Waals surface area contributed by atoms with Gasteiger partial charge < -0.3 is 24.9 Å². The number of carbonyl (C=O) groups excluding carboxylic acids is 1. The highest BCUT2D eigenvalue weighted by molar-refractivity contribution is 9.10. The van der Waals surface area contributed by atoms with E-state index >= 15 is 0 Å². The van der Waals surface area contributed by atoms with Crippen molar-refractivity contribution in [1.29, 1.82) is 0 Å². The van der Waals surface area contributed by atoms with Crippen molar-refractivity contribution in [3.8, 4) is 17.4 Å². The molecule has 0 saturated carbocycles. The number of aryl methyl sites for hydroxylation is 2. The van der Waals surface area contributed by atoms with Crippen LogP contribution in [-0.2, 0) is 4.79 Å². The summed E-state index contributed by atoms with van der Waals surface area (Å²) in [5.74, 6) is -0.732. The zero-order valence-corrected chi connectivity index (χ0v) is 20.5. The highest BCUT2D eigenvalue weighted by Gasteiger charge is 2.21. The molecule has 3 aromatic rings. The van der Waals surface area contributed by atoms with Gasteiger partial charge in [0.2, 0.25) is 0 Å². The number of methoxy groups -OCH3 is 1. The summed E-state index contributed by atoms with van der Waals surface area (Å²) in [5.41, 5.74) is 1.28. The smallest absolute Gasteiger partial charge is 0.395 e. The van der Waals surface area contributed by atoms with Gasteiger partial charge >= 0.3 is 11.2 Å². The molecule has 182 valence electrons. The SMILES string of the molecule is COc1cc(/C=C\c2nc(O)c([N+](=O)[O-])c(=O)[nH]2)ccc1OCC(=O)Nc1cc(C)c(C)cc1Br. The molecule has 0 unspecified atom stereocenters. The topological polar surface area (TPSA) is 157 Å². The molecule has 0 saturated heterocycles. The van der Waals surface area contributed by atoms with Crippen LogP contribution in [-0.4, -0.2) is 39.6 Å². The molecule has 11 nitrogen and oxygen atoms in total. The largest absolute Gasteiger partial charge is 0.493 e. The van der Waals surface area contributed by atoms with E-state index in [0.29, 0.717) is 22.7 Å². The van der Waals surface area contributed by atoms with E-state index in [1.54, 1.807) is 24.3 Å². The van der Waals surface area contributed by atoms with Crippen LogP contribution in [0.15, 0.2) is 39.6 Å². The number of nitrogens with zero attached hydrogens (tertiary/aromatic N) is 2. The molecule has 0 spiro atoms. The third-order valence-electron chi connectivity index (χ3n) is 4.91. The lowest BCUT2D eigenvalue weighted by Crippen LogP contribution is -2.20. The number of benzene rings is 2. The number of ether oxygens (including phenoxy) is 2. The van der Waals surface area contributed by atoms with Crippen molar-refractivity contribution < 1.29 is 24.3 Å². The Kier molecular flexibility index (Phi) is 7.87. The van der Waals surface area contributed by atoms with Gasteiger partial charge in [-0.05, 0) is 76.8 Å². The summed E-state index contributed by atoms with van der Waals surface area (Å²) in [4.78, 5) is 39.7. The van der Waals surface area contributed by atoms with Gasteiger partial charge in [-0.25, -0.2) is 0 Å². The number of carbonyl (C=O) groups is 1. The van der Waals surface area contributed by atoms with Crippen LogP contribution in [0.25, 0.3) is 12.2 Å². The number of anilines is 1. The van der Waals surface area contributed by atoms with E-state index in [0.717, 1.165) is 15.6 Å². The standard InChI is InChI=1S/C23H21BrN4O7/c1-12-8-15(24)16(9-13(12)2)25-20(29)11-35-17-6-4-14(10-18(17)34-3)5-7-19-26-22(30)21(28(32)33)23(31)27-19/h4-10H,11H2,1-3H3,(H,25,29)(H2,26,27,30,31)/b7-5-. The molecule has 3 rings (SSSR count). The fraction of sp³-hybridized carbons (Fsp3) is 0.174. The minimum absolute atomic E-state index is 0.0773. The quantitative estimate of drug-likeness (QED) is 0.284. The summed E-state index contributed by atoms with van der Waals surface area (Å²) >= 11 is 3.44. The van der Waals surface area contributed by atoms with Crippen LogP contribution in [0.3, 0.4) is 0 Å². The van der Waals surface area contributed by atoms with Gasteiger partial charge in [-0.2, -0.15) is 4.98 Å². The third-order valence-corrected chi connectivity index (χ3v) is 5.57. The van der Waals surface area contributed by atoms with E-state index in [9.17, 15) is 24.8 Å². The highest BCUT2D eigenvalue weighted by atomic mass is 79.9. The van der Waals surface area contributed by atoms with Crippen LogP contribution < -0.4 is 20.3 Å². The molecule has 0 aliphatic carbocycles. The summed E-state index contributed by atoms with van der Waals surface area (Å²) in [6.07, 6.45) is 2.90. The van der Waals surface area contributed by atoms with Crippen molar-refractivity contribution in [3.63, 3.8) is 0 Å². The van der Waals surface area contributed by atoms with Crippen LogP contribution in [0.4, 0.5) is 11.4 Å². The van der Waals surface area contributed by atoms with E-state index in [-0.39, 0.29) is 18.3 Å². The second-order valence-electron chi connectivity index (χ2n) is 7.38. The molecule has 0 atom stereocenters. The molecule has 35 heavy (non-hydrogen) atoms. The van der Waals surface area contributed by atoms with Crippen molar-refractivity contribution in [2.75, 3.05) is 19.0 Å². The van der Waals surface area contributed by atoms with Crippen LogP contribution in [0.5, 0.6) is 17.4 Å². The number of amides is 1. The first kappa shape index (κ1) is 25.4. The Hall–Kier alpha value is -4.19. The first-order chi connectivity index (χ1) is 16.6. The Morgan fingerprint density at radius 2 is 1.94 bits per heavy atom. The van der Waals surface area contributed by atoms with Crippen molar-refractivity contribution in [2.45, 2.75) is 13.8 Å². The molecule has 1 aromatic heterocycles. The van der Waals surface area contributed by atoms with Gasteiger partial charge in [-0.15, -0.1) is 0 Å². The molecule has 0 bridgehead atoms. The van der Waals surface area contributed by atoms with Gasteiger partial charge in [0.25, 0.3) is 11.8 Å². The maximum atomic E-state index is 12.4. The molecule has 3 N–H and O–H groups in total.